The molecule has 0 unspecified atom stereocenters. The topological polar surface area (TPSA) is 89.6 Å². The zero-order chi connectivity index (χ0) is 37.5. The van der Waals surface area contributed by atoms with Gasteiger partial charge in [0.2, 0.25) is 0 Å². The molecule has 8 nitrogen and oxygen atoms in total. The number of ether oxygens (including phenoxy) is 2. The second kappa shape index (κ2) is 11.6. The predicted molar refractivity (Wildman–Crippen MR) is 168 cm³/mol. The van der Waals surface area contributed by atoms with Crippen LogP contribution in [0.3, 0.4) is 0 Å². The van der Waals surface area contributed by atoms with Crippen LogP contribution in [0.1, 0.15) is 25.8 Å². The van der Waals surface area contributed by atoms with E-state index in [2.05, 4.69) is 20.9 Å². The minimum absolute atomic E-state index is 0.0155. The highest BCUT2D eigenvalue weighted by molar-refractivity contribution is 6.03. The van der Waals surface area contributed by atoms with E-state index >= 15 is 8.78 Å². The summed E-state index contributed by atoms with van der Waals surface area (Å²) in [7, 11) is 0. The van der Waals surface area contributed by atoms with Crippen LogP contribution in [0.2, 0.25) is 0 Å². The number of benzene rings is 2. The summed E-state index contributed by atoms with van der Waals surface area (Å²) in [4.78, 5) is 15.3. The number of nitrogen functional groups attached to an aromatic ring is 1. The van der Waals surface area contributed by atoms with Crippen molar-refractivity contribution in [1.82, 2.24) is 19.9 Å². The minimum Gasteiger partial charge on any atom is -0.462 e. The molecule has 13 heteroatoms. The smallest absolute Gasteiger partial charge is 0.319 e. The Bertz CT molecular complexity index is 2200. The Hall–Kier alpha value is -4.54. The van der Waals surface area contributed by atoms with E-state index in [-0.39, 0.29) is 65.4 Å². The fourth-order valence-electron chi connectivity index (χ4n) is 6.59. The molecule has 1 saturated carbocycles. The zero-order valence-electron chi connectivity index (χ0n) is 30.0. The van der Waals surface area contributed by atoms with Crippen LogP contribution < -0.4 is 15.4 Å². The molecular weight excluding hydrogens is 619 g/mol. The van der Waals surface area contributed by atoms with Crippen LogP contribution in [0, 0.1) is 35.3 Å². The molecule has 4 aromatic rings. The molecule has 47 heavy (non-hydrogen) atoms. The number of nitrogens with two attached hydrogens (primary N) is 1. The van der Waals surface area contributed by atoms with Crippen LogP contribution >= 0.6 is 0 Å². The Balaban J connectivity index is 1.43. The van der Waals surface area contributed by atoms with Gasteiger partial charge in [0.05, 0.1) is 32.9 Å². The van der Waals surface area contributed by atoms with Crippen molar-refractivity contribution >= 4 is 33.2 Å². The number of anilines is 2. The van der Waals surface area contributed by atoms with Gasteiger partial charge in [-0.25, -0.2) is 13.2 Å². The van der Waals surface area contributed by atoms with E-state index in [1.807, 2.05) is 0 Å². The molecule has 2 aromatic heterocycles. The maximum absolute atomic E-state index is 17.0. The van der Waals surface area contributed by atoms with Gasteiger partial charge in [-0.05, 0) is 37.0 Å². The third-order valence-corrected chi connectivity index (χ3v) is 8.98. The normalized spacial score (nSPS) is 26.7. The highest BCUT2D eigenvalue weighted by atomic mass is 19.3. The number of likely N-dealkylation sites (tertiary alicyclic amines) is 1. The van der Waals surface area contributed by atoms with E-state index in [1.54, 1.807) is 0 Å². The second-order valence-electron chi connectivity index (χ2n) is 12.1. The molecular formula is C34H31F5N6O2. The van der Waals surface area contributed by atoms with Gasteiger partial charge >= 0.3 is 6.01 Å². The lowest BCUT2D eigenvalue weighted by Gasteiger charge is -2.39. The standard InChI is InChI=1S/C34H31F5N6O2/c1-4-19-24(35)6-5-17-11-18(40)12-20(25(17)19)28-27(37)29-21(13-41-28)32(45-9-10-46-14-22-26(36)30(22)45)43-33(42-29)47-16-34(2)15-44(3)8-7-23(34)31(38)39/h1,5-6,11-13,22,26,30H,7-10,14-16,40H2,2-3H3/t22-,26-,30-,34-/m0/s1/i3D3,16D2. The Morgan fingerprint density at radius 3 is 2.87 bits per heavy atom. The Labute approximate surface area is 274 Å². The van der Waals surface area contributed by atoms with Crippen LogP contribution in [0.4, 0.5) is 33.5 Å². The van der Waals surface area contributed by atoms with Crippen molar-refractivity contribution in [2.75, 3.05) is 57.0 Å². The molecule has 2 aliphatic heterocycles. The number of alkyl halides is 1. The maximum atomic E-state index is 17.0. The molecule has 7 rings (SSSR count). The van der Waals surface area contributed by atoms with Gasteiger partial charge in [-0.1, -0.05) is 18.9 Å². The van der Waals surface area contributed by atoms with Crippen LogP contribution in [-0.4, -0.2) is 78.4 Å². The molecule has 2 aromatic carbocycles. The fourth-order valence-corrected chi connectivity index (χ4v) is 6.59. The van der Waals surface area contributed by atoms with Crippen LogP contribution in [0.25, 0.3) is 32.9 Å². The summed E-state index contributed by atoms with van der Waals surface area (Å²) in [6.45, 7) is -5.39. The van der Waals surface area contributed by atoms with Gasteiger partial charge in [-0.15, -0.1) is 6.42 Å². The molecule has 0 radical (unpaired) electrons. The molecule has 3 aliphatic rings. The minimum atomic E-state index is -3.11. The number of nitrogens with zero attached hydrogens (tertiary/aromatic N) is 5. The molecule has 3 fully saturated rings. The average molecular weight is 656 g/mol. The molecule has 2 N–H and O–H groups in total. The van der Waals surface area contributed by atoms with Crippen molar-refractivity contribution in [3.8, 4) is 29.6 Å². The fraction of sp³-hybridized carbons (Fsp3) is 0.382. The number of hydrogen-bond acceptors (Lipinski definition) is 8. The quantitative estimate of drug-likeness (QED) is 0.166. The van der Waals surface area contributed by atoms with Crippen LogP contribution in [0.5, 0.6) is 6.01 Å². The van der Waals surface area contributed by atoms with Gasteiger partial charge in [-0.2, -0.15) is 18.7 Å². The molecule has 0 spiro atoms. The number of rotatable bonds is 5. The van der Waals surface area contributed by atoms with Gasteiger partial charge in [0.1, 0.15) is 35.6 Å². The number of hydrogen-bond donors (Lipinski definition) is 1. The lowest BCUT2D eigenvalue weighted by molar-refractivity contribution is 0.104. The van der Waals surface area contributed by atoms with Gasteiger partial charge in [0, 0.05) is 63.5 Å². The van der Waals surface area contributed by atoms with Crippen molar-refractivity contribution in [1.29, 1.82) is 0 Å². The third-order valence-electron chi connectivity index (χ3n) is 8.98. The predicted octanol–water partition coefficient (Wildman–Crippen LogP) is 5.73. The summed E-state index contributed by atoms with van der Waals surface area (Å²) in [5.74, 6) is -0.196. The second-order valence-corrected chi connectivity index (χ2v) is 12.1. The Kier molecular flexibility index (Phi) is 6.31. The van der Waals surface area contributed by atoms with E-state index in [0.717, 1.165) is 17.9 Å². The maximum Gasteiger partial charge on any atom is 0.319 e. The van der Waals surface area contributed by atoms with E-state index in [4.69, 9.17) is 28.5 Å². The van der Waals surface area contributed by atoms with Gasteiger partial charge in [0.15, 0.2) is 5.82 Å². The molecule has 2 saturated heterocycles. The first-order valence-electron chi connectivity index (χ1n) is 17.3. The number of fused-ring (bicyclic) bond motifs is 3. The summed E-state index contributed by atoms with van der Waals surface area (Å²) >= 11 is 0. The average Bonchev–Trinajstić information content (AvgIpc) is 3.77. The van der Waals surface area contributed by atoms with E-state index in [0.29, 0.717) is 5.39 Å². The highest BCUT2D eigenvalue weighted by Crippen LogP contribution is 2.45. The first-order valence-corrected chi connectivity index (χ1v) is 14.8. The van der Waals surface area contributed by atoms with Crippen LogP contribution in [-0.2, 0) is 4.74 Å². The molecule has 4 heterocycles. The van der Waals surface area contributed by atoms with Gasteiger partial charge in [0.25, 0.3) is 6.08 Å². The lowest BCUT2D eigenvalue weighted by atomic mass is 9.78. The summed E-state index contributed by atoms with van der Waals surface area (Å²) in [6.07, 6.45) is 2.86. The van der Waals surface area contributed by atoms with Crippen molar-refractivity contribution in [3.63, 3.8) is 0 Å². The van der Waals surface area contributed by atoms with Crippen molar-refractivity contribution in [2.24, 2.45) is 11.3 Å². The number of piperidine rings is 1. The highest BCUT2D eigenvalue weighted by Gasteiger charge is 2.56. The summed E-state index contributed by atoms with van der Waals surface area (Å²) in [5, 5.41) is 0.491. The van der Waals surface area contributed by atoms with Crippen LogP contribution in [0.15, 0.2) is 42.1 Å². The Morgan fingerprint density at radius 2 is 2.11 bits per heavy atom. The third kappa shape index (κ3) is 5.29. The molecule has 1 aliphatic carbocycles. The van der Waals surface area contributed by atoms with Crippen molar-refractivity contribution in [2.45, 2.75) is 25.6 Å². The summed E-state index contributed by atoms with van der Waals surface area (Å²) in [6, 6.07) is 3.89. The SMILES string of the molecule is [2H]C([2H])([2H])N1CCC(=C(F)F)[C@](C)(C([2H])([2H])Oc2nc(N3CCOC[C@H]4[C@H](F)[C@H]43)c3cnc(-c4cc(N)cc5ccc(F)c(C#C)c45)c(F)c3n2)C1. The number of aromatic nitrogens is 3. The number of pyridine rings is 1. The zero-order valence-corrected chi connectivity index (χ0v) is 25.0. The van der Waals surface area contributed by atoms with Gasteiger partial charge < -0.3 is 25.0 Å². The summed E-state index contributed by atoms with van der Waals surface area (Å²) in [5.41, 5.74) is 2.40. The monoisotopic (exact) mass is 655 g/mol. The summed E-state index contributed by atoms with van der Waals surface area (Å²) < 4.78 is 128. The number of halogens is 5. The largest absolute Gasteiger partial charge is 0.462 e. The van der Waals surface area contributed by atoms with Crippen molar-refractivity contribution < 1.29 is 38.3 Å². The first-order chi connectivity index (χ1) is 24.5. The molecule has 0 amide bonds. The molecule has 244 valence electrons. The molecule has 0 bridgehead atoms. The van der Waals surface area contributed by atoms with Crippen molar-refractivity contribution in [3.05, 3.63) is 59.3 Å². The number of terminal acetylenes is 1. The Morgan fingerprint density at radius 1 is 1.28 bits per heavy atom. The first kappa shape index (κ1) is 25.5. The van der Waals surface area contributed by atoms with E-state index in [9.17, 15) is 13.2 Å². The van der Waals surface area contributed by atoms with E-state index < -0.39 is 84.9 Å². The lowest BCUT2D eigenvalue weighted by Crippen LogP contribution is -2.45. The van der Waals surface area contributed by atoms with E-state index in [1.165, 1.54) is 29.3 Å². The molecule has 4 atom stereocenters. The van der Waals surface area contributed by atoms with Gasteiger partial charge in [-0.3, -0.25) is 4.98 Å².